The minimum Gasteiger partial charge on any atom is -0.332 e. The lowest BCUT2D eigenvalue weighted by molar-refractivity contribution is 0.570. The number of hydrogen-bond donors (Lipinski definition) is 0. The minimum atomic E-state index is -0.253. The molecule has 0 saturated heterocycles. The van der Waals surface area contributed by atoms with Crippen LogP contribution < -0.4 is 19.6 Å². The summed E-state index contributed by atoms with van der Waals surface area (Å²) in [5.74, 6) is 0.493. The Labute approximate surface area is 487 Å². The Morgan fingerprint density at radius 2 is 0.805 bits per heavy atom. The largest absolute Gasteiger partial charge is 0.332 e. The fraction of sp³-hybridized carbons (Fsp3) is 0.154. The lowest BCUT2D eigenvalue weighted by Crippen LogP contribution is -2.42. The highest BCUT2D eigenvalue weighted by Crippen LogP contribution is 2.44. The van der Waals surface area contributed by atoms with Crippen LogP contribution in [0.2, 0.25) is 0 Å². The zero-order valence-electron chi connectivity index (χ0n) is 48.1. The molecule has 0 bridgehead atoms. The van der Waals surface area contributed by atoms with Gasteiger partial charge in [-0.05, 0) is 225 Å². The second kappa shape index (κ2) is 23.0. The molecule has 9 aromatic carbocycles. The molecule has 0 radical (unpaired) electrons. The molecule has 0 aliphatic heterocycles. The van der Waals surface area contributed by atoms with Gasteiger partial charge < -0.3 is 19.6 Å². The van der Waals surface area contributed by atoms with E-state index >= 15 is 0 Å². The maximum atomic E-state index is 2.50. The van der Waals surface area contributed by atoms with E-state index in [-0.39, 0.29) is 11.1 Å². The quantitative estimate of drug-likeness (QED) is 0.101. The van der Waals surface area contributed by atoms with Crippen molar-refractivity contribution in [1.82, 2.24) is 0 Å². The monoisotopic (exact) mass is 1060 g/mol. The number of rotatable bonds is 15. The fourth-order valence-electron chi connectivity index (χ4n) is 12.3. The second-order valence-electron chi connectivity index (χ2n) is 23.1. The molecule has 3 aliphatic rings. The molecule has 9 aromatic rings. The zero-order chi connectivity index (χ0) is 56.2. The zero-order valence-corrected chi connectivity index (χ0v) is 48.1. The molecule has 0 saturated carbocycles. The van der Waals surface area contributed by atoms with E-state index in [1.807, 2.05) is 0 Å². The van der Waals surface area contributed by atoms with Crippen molar-refractivity contribution in [2.45, 2.75) is 71.9 Å². The molecule has 3 unspecified atom stereocenters. The van der Waals surface area contributed by atoms with Gasteiger partial charge in [0.25, 0.3) is 0 Å². The van der Waals surface area contributed by atoms with Crippen molar-refractivity contribution < 1.29 is 0 Å². The van der Waals surface area contributed by atoms with Crippen molar-refractivity contribution in [2.75, 3.05) is 19.6 Å². The van der Waals surface area contributed by atoms with Crippen LogP contribution in [0.3, 0.4) is 0 Å². The summed E-state index contributed by atoms with van der Waals surface area (Å²) in [5.41, 5.74) is 22.1. The molecule has 3 aliphatic carbocycles. The maximum Gasteiger partial charge on any atom is 0.0643 e. The molecular formula is C78H72N4. The molecule has 0 heterocycles. The number of hydrogen-bond acceptors (Lipinski definition) is 4. The Kier molecular flexibility index (Phi) is 14.9. The highest BCUT2D eigenvalue weighted by Gasteiger charge is 2.34. The predicted octanol–water partition coefficient (Wildman–Crippen LogP) is 21.4. The Morgan fingerprint density at radius 1 is 0.378 bits per heavy atom. The van der Waals surface area contributed by atoms with Gasteiger partial charge in [0.05, 0.1) is 11.1 Å². The highest BCUT2D eigenvalue weighted by atomic mass is 15.2. The van der Waals surface area contributed by atoms with E-state index in [9.17, 15) is 0 Å². The highest BCUT2D eigenvalue weighted by molar-refractivity contribution is 5.83. The van der Waals surface area contributed by atoms with Crippen LogP contribution in [-0.2, 0) is 0 Å². The van der Waals surface area contributed by atoms with Crippen molar-refractivity contribution in [3.63, 3.8) is 0 Å². The summed E-state index contributed by atoms with van der Waals surface area (Å²) in [7, 11) is 0. The second-order valence-corrected chi connectivity index (χ2v) is 23.1. The van der Waals surface area contributed by atoms with E-state index in [2.05, 4.69) is 346 Å². The van der Waals surface area contributed by atoms with E-state index in [4.69, 9.17) is 0 Å². The van der Waals surface area contributed by atoms with E-state index in [0.29, 0.717) is 5.92 Å². The van der Waals surface area contributed by atoms with Crippen LogP contribution in [0.5, 0.6) is 0 Å². The summed E-state index contributed by atoms with van der Waals surface area (Å²) >= 11 is 0. The van der Waals surface area contributed by atoms with E-state index < -0.39 is 0 Å². The Bertz CT molecular complexity index is 3850. The topological polar surface area (TPSA) is 13.0 Å². The average Bonchev–Trinajstić information content (AvgIpc) is 3.69. The van der Waals surface area contributed by atoms with Gasteiger partial charge in [-0.3, -0.25) is 0 Å². The SMILES string of the molecule is Cc1cccc(N(C2=CC=CC(C)C2)c2ccc(-c3ccc(N(c4ccccc4)c4ccc(-c5ccc(N(c6ccc(C7=CCC(C)(N(c8cccc(C)c8)c8cccc(C)c8)C=C7)cc6)C6(C)C=CC=CC6)cc5)cc4)cc3)cc2)c1. The van der Waals surface area contributed by atoms with E-state index in [1.165, 1.54) is 72.8 Å². The van der Waals surface area contributed by atoms with Crippen LogP contribution in [0.1, 0.15) is 62.3 Å². The normalized spacial score (nSPS) is 18.1. The molecule has 3 atom stereocenters. The van der Waals surface area contributed by atoms with Crippen LogP contribution in [0.25, 0.3) is 27.8 Å². The Hall–Kier alpha value is -9.38. The van der Waals surface area contributed by atoms with Gasteiger partial charge in [-0.25, -0.2) is 0 Å². The summed E-state index contributed by atoms with van der Waals surface area (Å²) in [4.78, 5) is 9.75. The van der Waals surface area contributed by atoms with Gasteiger partial charge in [0.2, 0.25) is 0 Å². The van der Waals surface area contributed by atoms with Crippen molar-refractivity contribution >= 4 is 56.8 Å². The van der Waals surface area contributed by atoms with Crippen LogP contribution in [0, 0.1) is 26.7 Å². The molecule has 0 spiro atoms. The summed E-state index contributed by atoms with van der Waals surface area (Å²) in [6, 6.07) is 82.5. The number of aryl methyl sites for hydroxylation is 3. The third kappa shape index (κ3) is 11.2. The van der Waals surface area contributed by atoms with Crippen molar-refractivity contribution in [3.8, 4) is 22.3 Å². The van der Waals surface area contributed by atoms with Crippen molar-refractivity contribution in [1.29, 1.82) is 0 Å². The lowest BCUT2D eigenvalue weighted by atomic mass is 9.85. The molecule has 0 amide bonds. The summed E-state index contributed by atoms with van der Waals surface area (Å²) < 4.78 is 0. The summed E-state index contributed by atoms with van der Waals surface area (Å²) in [5, 5.41) is 0. The maximum absolute atomic E-state index is 2.50. The molecule has 4 nitrogen and oxygen atoms in total. The average molecular weight is 1070 g/mol. The van der Waals surface area contributed by atoms with Gasteiger partial charge in [0, 0.05) is 56.9 Å². The Balaban J connectivity index is 0.771. The Morgan fingerprint density at radius 3 is 1.27 bits per heavy atom. The van der Waals surface area contributed by atoms with Gasteiger partial charge in [0.15, 0.2) is 0 Å². The van der Waals surface area contributed by atoms with Gasteiger partial charge in [-0.1, -0.05) is 177 Å². The fourth-order valence-corrected chi connectivity index (χ4v) is 12.3. The summed E-state index contributed by atoms with van der Waals surface area (Å²) in [6.07, 6.45) is 25.6. The first-order chi connectivity index (χ1) is 40.0. The number of para-hydroxylation sites is 1. The van der Waals surface area contributed by atoms with Gasteiger partial charge >= 0.3 is 0 Å². The first-order valence-corrected chi connectivity index (χ1v) is 29.1. The molecule has 0 N–H and O–H groups in total. The van der Waals surface area contributed by atoms with Crippen LogP contribution in [-0.4, -0.2) is 11.1 Å². The number of nitrogens with zero attached hydrogens (tertiary/aromatic N) is 4. The standard InChI is InChI=1S/C78H72N4/c1-57-17-13-23-73(53-57)80(74-24-14-18-58(2)54-74)70-41-31-62(32-42-70)61-27-37-68(38-28-61)79(67-21-9-7-10-22-67)69-39-29-63(30-40-69)64-33-43-71(44-34-64)81(77(5)49-11-8-12-50-77)72-45-35-65(36-46-72)66-47-51-78(6,52-48-66)82(75-25-15-19-59(3)55-75)76-26-16-20-60(4)56-76/h7-49,51,53,55-56,58H,50,52,54H2,1-6H3. The lowest BCUT2D eigenvalue weighted by Gasteiger charge is -2.42. The van der Waals surface area contributed by atoms with Gasteiger partial charge in [-0.2, -0.15) is 0 Å². The summed E-state index contributed by atoms with van der Waals surface area (Å²) in [6.45, 7) is 13.5. The van der Waals surface area contributed by atoms with Crippen LogP contribution in [0.15, 0.2) is 291 Å². The predicted molar refractivity (Wildman–Crippen MR) is 351 cm³/mol. The van der Waals surface area contributed by atoms with Gasteiger partial charge in [0.1, 0.15) is 0 Å². The molecule has 0 fully saturated rings. The molecule has 82 heavy (non-hydrogen) atoms. The van der Waals surface area contributed by atoms with E-state index in [1.54, 1.807) is 0 Å². The minimum absolute atomic E-state index is 0.242. The molecule has 12 rings (SSSR count). The van der Waals surface area contributed by atoms with Crippen LogP contribution >= 0.6 is 0 Å². The number of benzene rings is 9. The number of allylic oxidation sites excluding steroid dienone is 8. The van der Waals surface area contributed by atoms with Crippen molar-refractivity contribution in [3.05, 3.63) is 313 Å². The molecular weight excluding hydrogens is 993 g/mol. The number of anilines is 9. The van der Waals surface area contributed by atoms with Crippen molar-refractivity contribution in [2.24, 2.45) is 5.92 Å². The third-order valence-corrected chi connectivity index (χ3v) is 16.6. The molecule has 4 heteroatoms. The third-order valence-electron chi connectivity index (χ3n) is 16.6. The first kappa shape index (κ1) is 53.3. The van der Waals surface area contributed by atoms with E-state index in [0.717, 1.165) is 53.4 Å². The molecule has 0 aromatic heterocycles. The first-order valence-electron chi connectivity index (χ1n) is 29.1. The van der Waals surface area contributed by atoms with Gasteiger partial charge in [-0.15, -0.1) is 0 Å². The smallest absolute Gasteiger partial charge is 0.0643 e. The molecule has 404 valence electrons. The van der Waals surface area contributed by atoms with Crippen LogP contribution in [0.4, 0.5) is 51.2 Å².